The van der Waals surface area contributed by atoms with Crippen molar-refractivity contribution in [1.82, 2.24) is 0 Å². The SMILES string of the molecule is CC1CCCCC1OS([NH-])(=O)=O.[Na+]. The van der Waals surface area contributed by atoms with E-state index in [1.807, 2.05) is 6.92 Å². The van der Waals surface area contributed by atoms with Crippen LogP contribution in [0.25, 0.3) is 5.14 Å². The average Bonchev–Trinajstić information content (AvgIpc) is 1.91. The van der Waals surface area contributed by atoms with Gasteiger partial charge in [0.25, 0.3) is 0 Å². The Morgan fingerprint density at radius 3 is 2.31 bits per heavy atom. The average molecular weight is 215 g/mol. The molecule has 0 radical (unpaired) electrons. The Kier molecular flexibility index (Phi) is 6.06. The van der Waals surface area contributed by atoms with E-state index in [0.717, 1.165) is 25.7 Å². The molecule has 1 aliphatic rings. The van der Waals surface area contributed by atoms with E-state index in [-0.39, 0.29) is 41.6 Å². The van der Waals surface area contributed by atoms with Crippen molar-refractivity contribution in [2.24, 2.45) is 5.92 Å². The Hall–Kier alpha value is 0.870. The molecule has 2 unspecified atom stereocenters. The Labute approximate surface area is 102 Å². The monoisotopic (exact) mass is 215 g/mol. The van der Waals surface area contributed by atoms with Crippen molar-refractivity contribution in [2.45, 2.75) is 38.7 Å². The number of nitrogens with one attached hydrogen (secondary N) is 1. The van der Waals surface area contributed by atoms with E-state index in [0.29, 0.717) is 0 Å². The van der Waals surface area contributed by atoms with E-state index in [2.05, 4.69) is 4.18 Å². The molecule has 72 valence electrons. The zero-order valence-electron chi connectivity index (χ0n) is 8.12. The van der Waals surface area contributed by atoms with E-state index in [1.54, 1.807) is 0 Å². The first-order valence-corrected chi connectivity index (χ1v) is 5.58. The van der Waals surface area contributed by atoms with E-state index in [1.165, 1.54) is 0 Å². The smallest absolute Gasteiger partial charge is 0.540 e. The molecule has 1 rings (SSSR count). The van der Waals surface area contributed by atoms with Crippen LogP contribution in [0.2, 0.25) is 0 Å². The molecule has 1 saturated carbocycles. The van der Waals surface area contributed by atoms with Crippen molar-refractivity contribution in [3.63, 3.8) is 0 Å². The predicted octanol–water partition coefficient (Wildman–Crippen LogP) is -1.12. The Morgan fingerprint density at radius 2 is 1.85 bits per heavy atom. The minimum atomic E-state index is -4.01. The summed E-state index contributed by atoms with van der Waals surface area (Å²) in [6.45, 7) is 1.97. The third-order valence-corrected chi connectivity index (χ3v) is 2.78. The molecule has 0 saturated heterocycles. The number of hydrogen-bond acceptors (Lipinski definition) is 3. The first-order chi connectivity index (χ1) is 5.49. The van der Waals surface area contributed by atoms with Crippen LogP contribution >= 0.6 is 0 Å². The summed E-state index contributed by atoms with van der Waals surface area (Å²) in [4.78, 5) is 0. The van der Waals surface area contributed by atoms with Gasteiger partial charge in [-0.15, -0.1) is 0 Å². The molecule has 0 spiro atoms. The van der Waals surface area contributed by atoms with Crippen molar-refractivity contribution in [2.75, 3.05) is 0 Å². The Balaban J connectivity index is 0.00000144. The molecule has 2 atom stereocenters. The summed E-state index contributed by atoms with van der Waals surface area (Å²) in [5.74, 6) is 0.263. The van der Waals surface area contributed by atoms with Gasteiger partial charge in [0.05, 0.1) is 6.10 Å². The summed E-state index contributed by atoms with van der Waals surface area (Å²) in [6.07, 6.45) is 3.64. The van der Waals surface area contributed by atoms with Crippen LogP contribution in [0.3, 0.4) is 0 Å². The normalized spacial score (nSPS) is 29.4. The molecule has 1 fully saturated rings. The van der Waals surface area contributed by atoms with Crippen molar-refractivity contribution < 1.29 is 42.2 Å². The van der Waals surface area contributed by atoms with Crippen LogP contribution in [0.15, 0.2) is 0 Å². The second-order valence-electron chi connectivity index (χ2n) is 3.35. The van der Waals surface area contributed by atoms with Crippen LogP contribution in [-0.2, 0) is 14.5 Å². The number of rotatable bonds is 2. The third kappa shape index (κ3) is 5.34. The van der Waals surface area contributed by atoms with E-state index in [9.17, 15) is 8.42 Å². The maximum absolute atomic E-state index is 10.5. The van der Waals surface area contributed by atoms with Gasteiger partial charge in [-0.3, -0.25) is 4.18 Å². The molecule has 13 heavy (non-hydrogen) atoms. The standard InChI is InChI=1S/C7H14NO3S.Na/c1-6-4-2-3-5-7(6)11-12(8,9)10;/h6-7H,2-5H2,1H3,(H-,8,9,10);/q-1;+1. The van der Waals surface area contributed by atoms with Crippen LogP contribution in [-0.4, -0.2) is 14.5 Å². The van der Waals surface area contributed by atoms with Gasteiger partial charge in [0.15, 0.2) is 10.3 Å². The van der Waals surface area contributed by atoms with Crippen molar-refractivity contribution in [3.8, 4) is 0 Å². The molecular weight excluding hydrogens is 201 g/mol. The minimum absolute atomic E-state index is 0. The molecule has 6 heteroatoms. The summed E-state index contributed by atoms with van der Waals surface area (Å²) < 4.78 is 25.6. The van der Waals surface area contributed by atoms with Gasteiger partial charge >= 0.3 is 29.6 Å². The summed E-state index contributed by atoms with van der Waals surface area (Å²) in [5, 5.41) is 6.61. The second kappa shape index (κ2) is 5.68. The maximum atomic E-state index is 10.5. The largest absolute Gasteiger partial charge is 1.00 e. The van der Waals surface area contributed by atoms with Gasteiger partial charge < -0.3 is 5.14 Å². The molecule has 0 bridgehead atoms. The Bertz CT molecular complexity index is 242. The molecule has 0 amide bonds. The van der Waals surface area contributed by atoms with Gasteiger partial charge in [-0.1, -0.05) is 19.8 Å². The predicted molar refractivity (Wildman–Crippen MR) is 45.7 cm³/mol. The molecule has 0 aromatic heterocycles. The first kappa shape index (κ1) is 13.9. The molecule has 0 aromatic rings. The number of hydrogen-bond donors (Lipinski definition) is 0. The summed E-state index contributed by atoms with van der Waals surface area (Å²) in [6, 6.07) is 0. The van der Waals surface area contributed by atoms with Crippen LogP contribution in [0.5, 0.6) is 0 Å². The molecule has 1 aliphatic carbocycles. The fraction of sp³-hybridized carbons (Fsp3) is 1.00. The molecule has 1 N–H and O–H groups in total. The van der Waals surface area contributed by atoms with Crippen molar-refractivity contribution >= 4 is 10.3 Å². The molecule has 0 aliphatic heterocycles. The second-order valence-corrected chi connectivity index (χ2v) is 4.45. The van der Waals surface area contributed by atoms with Crippen LogP contribution in [0.1, 0.15) is 32.6 Å². The van der Waals surface area contributed by atoms with Crippen molar-refractivity contribution in [3.05, 3.63) is 5.14 Å². The zero-order chi connectivity index (χ0) is 9.19. The molecule has 0 heterocycles. The first-order valence-electron chi connectivity index (χ1n) is 4.17. The van der Waals surface area contributed by atoms with Crippen LogP contribution < -0.4 is 29.6 Å². The molecule has 4 nitrogen and oxygen atoms in total. The third-order valence-electron chi connectivity index (χ3n) is 2.28. The van der Waals surface area contributed by atoms with Gasteiger partial charge in [0.2, 0.25) is 0 Å². The maximum Gasteiger partial charge on any atom is 1.00 e. The Morgan fingerprint density at radius 1 is 1.31 bits per heavy atom. The van der Waals surface area contributed by atoms with Gasteiger partial charge in [0.1, 0.15) is 0 Å². The fourth-order valence-electron chi connectivity index (χ4n) is 1.59. The van der Waals surface area contributed by atoms with E-state index < -0.39 is 10.3 Å². The minimum Gasteiger partial charge on any atom is -0.540 e. The van der Waals surface area contributed by atoms with Gasteiger partial charge in [-0.25, -0.2) is 8.42 Å². The quantitative estimate of drug-likeness (QED) is 0.548. The van der Waals surface area contributed by atoms with Crippen molar-refractivity contribution in [1.29, 1.82) is 0 Å². The van der Waals surface area contributed by atoms with E-state index >= 15 is 0 Å². The summed E-state index contributed by atoms with van der Waals surface area (Å²) in [7, 11) is -4.01. The fourth-order valence-corrected chi connectivity index (χ4v) is 2.20. The van der Waals surface area contributed by atoms with Gasteiger partial charge in [-0.2, -0.15) is 0 Å². The van der Waals surface area contributed by atoms with Crippen LogP contribution in [0, 0.1) is 5.92 Å². The zero-order valence-corrected chi connectivity index (χ0v) is 10.9. The van der Waals surface area contributed by atoms with Gasteiger partial charge in [-0.05, 0) is 18.8 Å². The summed E-state index contributed by atoms with van der Waals surface area (Å²) in [5.41, 5.74) is 0. The van der Waals surface area contributed by atoms with Gasteiger partial charge in [0, 0.05) is 0 Å². The molecule has 0 aromatic carbocycles. The van der Waals surface area contributed by atoms with E-state index in [4.69, 9.17) is 5.14 Å². The van der Waals surface area contributed by atoms with Crippen LogP contribution in [0.4, 0.5) is 0 Å². The summed E-state index contributed by atoms with van der Waals surface area (Å²) >= 11 is 0. The topological polar surface area (TPSA) is 67.2 Å². The molecular formula is C7H14NNaO3S.